The second-order valence-corrected chi connectivity index (χ2v) is 6.20. The molecular formula is C19H20N2O2. The summed E-state index contributed by atoms with van der Waals surface area (Å²) in [6.07, 6.45) is 0.838. The van der Waals surface area contributed by atoms with Crippen molar-refractivity contribution in [1.29, 1.82) is 0 Å². The molecule has 23 heavy (non-hydrogen) atoms. The molecule has 0 fully saturated rings. The van der Waals surface area contributed by atoms with Crippen molar-refractivity contribution in [2.45, 2.75) is 32.7 Å². The van der Waals surface area contributed by atoms with E-state index in [1.54, 1.807) is 18.2 Å². The van der Waals surface area contributed by atoms with Gasteiger partial charge >= 0.3 is 0 Å². The number of ketones is 1. The smallest absolute Gasteiger partial charge is 0.248 e. The van der Waals surface area contributed by atoms with E-state index in [0.29, 0.717) is 18.4 Å². The van der Waals surface area contributed by atoms with Gasteiger partial charge in [0, 0.05) is 24.1 Å². The van der Waals surface area contributed by atoms with Crippen LogP contribution in [-0.4, -0.2) is 11.7 Å². The molecule has 2 aromatic rings. The topological polar surface area (TPSA) is 72.2 Å². The predicted molar refractivity (Wildman–Crippen MR) is 90.6 cm³/mol. The summed E-state index contributed by atoms with van der Waals surface area (Å²) in [6, 6.07) is 11.2. The maximum Gasteiger partial charge on any atom is 0.248 e. The first-order chi connectivity index (χ1) is 10.9. The minimum atomic E-state index is -0.460. The Morgan fingerprint density at radius 3 is 2.65 bits per heavy atom. The Labute approximate surface area is 135 Å². The first-order valence-corrected chi connectivity index (χ1v) is 7.72. The number of hydrogen-bond acceptors (Lipinski definition) is 3. The van der Waals surface area contributed by atoms with Crippen LogP contribution in [0.2, 0.25) is 0 Å². The number of amides is 1. The number of rotatable bonds is 2. The van der Waals surface area contributed by atoms with E-state index in [-0.39, 0.29) is 11.8 Å². The number of primary amides is 1. The standard InChI is InChI=1S/C19H20N2O2/c1-11-6-15-9-16(22)10-18(21-17(15)7-12(11)2)13-4-3-5-14(8-13)19(20)23/h3-8,18,21H,9-10H2,1-2H3,(H2,20,23). The van der Waals surface area contributed by atoms with Crippen molar-refractivity contribution in [3.63, 3.8) is 0 Å². The first-order valence-electron chi connectivity index (χ1n) is 7.72. The molecule has 118 valence electrons. The molecule has 1 unspecified atom stereocenters. The molecule has 1 amide bonds. The molecule has 3 N–H and O–H groups in total. The molecule has 4 heteroatoms. The SMILES string of the molecule is Cc1cc2c(cc1C)NC(c1cccc(C(N)=O)c1)CC(=O)C2. The molecule has 0 aromatic heterocycles. The summed E-state index contributed by atoms with van der Waals surface area (Å²) in [6.45, 7) is 4.12. The fourth-order valence-corrected chi connectivity index (χ4v) is 3.02. The van der Waals surface area contributed by atoms with Crippen LogP contribution >= 0.6 is 0 Å². The number of nitrogens with two attached hydrogens (primary N) is 1. The number of nitrogens with one attached hydrogen (secondary N) is 1. The van der Waals surface area contributed by atoms with Gasteiger partial charge in [-0.2, -0.15) is 0 Å². The van der Waals surface area contributed by atoms with Crippen LogP contribution in [0.4, 0.5) is 5.69 Å². The fourth-order valence-electron chi connectivity index (χ4n) is 3.02. The third kappa shape index (κ3) is 3.11. The van der Waals surface area contributed by atoms with Crippen LogP contribution < -0.4 is 11.1 Å². The van der Waals surface area contributed by atoms with Crippen molar-refractivity contribution in [2.24, 2.45) is 5.73 Å². The number of hydrogen-bond donors (Lipinski definition) is 2. The third-order valence-corrected chi connectivity index (χ3v) is 4.44. The minimum absolute atomic E-state index is 0.148. The summed E-state index contributed by atoms with van der Waals surface area (Å²) in [5.41, 5.74) is 11.1. The Morgan fingerprint density at radius 2 is 1.91 bits per heavy atom. The Kier molecular flexibility index (Phi) is 3.90. The van der Waals surface area contributed by atoms with E-state index in [1.807, 2.05) is 6.07 Å². The van der Waals surface area contributed by atoms with E-state index in [2.05, 4.69) is 31.3 Å². The van der Waals surface area contributed by atoms with Gasteiger partial charge in [-0.3, -0.25) is 9.59 Å². The van der Waals surface area contributed by atoms with Crippen molar-refractivity contribution < 1.29 is 9.59 Å². The molecule has 0 saturated carbocycles. The lowest BCUT2D eigenvalue weighted by molar-refractivity contribution is -0.118. The minimum Gasteiger partial charge on any atom is -0.378 e. The van der Waals surface area contributed by atoms with Crippen molar-refractivity contribution in [1.82, 2.24) is 0 Å². The highest BCUT2D eigenvalue weighted by Crippen LogP contribution is 2.32. The molecule has 1 aliphatic rings. The zero-order valence-electron chi connectivity index (χ0n) is 13.3. The van der Waals surface area contributed by atoms with Gasteiger partial charge in [0.15, 0.2) is 0 Å². The third-order valence-electron chi connectivity index (χ3n) is 4.44. The molecule has 1 atom stereocenters. The quantitative estimate of drug-likeness (QED) is 0.895. The maximum atomic E-state index is 12.3. The summed E-state index contributed by atoms with van der Waals surface area (Å²) in [5.74, 6) is -0.271. The van der Waals surface area contributed by atoms with E-state index >= 15 is 0 Å². The van der Waals surface area contributed by atoms with E-state index in [9.17, 15) is 9.59 Å². The lowest BCUT2D eigenvalue weighted by Crippen LogP contribution is -2.15. The summed E-state index contributed by atoms with van der Waals surface area (Å²) >= 11 is 0. The van der Waals surface area contributed by atoms with Crippen LogP contribution in [0.5, 0.6) is 0 Å². The second kappa shape index (κ2) is 5.88. The van der Waals surface area contributed by atoms with Gasteiger partial charge in [-0.05, 0) is 54.3 Å². The Balaban J connectivity index is 2.00. The van der Waals surface area contributed by atoms with Crippen LogP contribution in [0.15, 0.2) is 36.4 Å². The predicted octanol–water partition coefficient (Wildman–Crippen LogP) is 3.07. The van der Waals surface area contributed by atoms with E-state index < -0.39 is 5.91 Å². The van der Waals surface area contributed by atoms with E-state index in [0.717, 1.165) is 16.8 Å². The van der Waals surface area contributed by atoms with Gasteiger partial charge in [0.25, 0.3) is 0 Å². The van der Waals surface area contributed by atoms with Crippen LogP contribution in [0.1, 0.15) is 45.1 Å². The highest BCUT2D eigenvalue weighted by molar-refractivity contribution is 5.93. The zero-order valence-corrected chi connectivity index (χ0v) is 13.3. The Morgan fingerprint density at radius 1 is 1.17 bits per heavy atom. The average molecular weight is 308 g/mol. The van der Waals surface area contributed by atoms with Gasteiger partial charge < -0.3 is 11.1 Å². The molecule has 0 saturated heterocycles. The number of carbonyl (C=O) groups is 2. The monoisotopic (exact) mass is 308 g/mol. The number of carbonyl (C=O) groups excluding carboxylic acids is 2. The summed E-state index contributed by atoms with van der Waals surface area (Å²) in [5, 5.41) is 3.47. The van der Waals surface area contributed by atoms with Crippen molar-refractivity contribution in [3.8, 4) is 0 Å². The number of anilines is 1. The molecule has 1 heterocycles. The lowest BCUT2D eigenvalue weighted by atomic mass is 9.98. The normalized spacial score (nSPS) is 17.1. The van der Waals surface area contributed by atoms with E-state index in [1.165, 1.54) is 11.1 Å². The molecule has 3 rings (SSSR count). The molecular weight excluding hydrogens is 288 g/mol. The summed E-state index contributed by atoms with van der Waals surface area (Å²) in [7, 11) is 0. The fraction of sp³-hybridized carbons (Fsp3) is 0.263. The molecule has 0 spiro atoms. The Bertz CT molecular complexity index is 796. The highest BCUT2D eigenvalue weighted by Gasteiger charge is 2.23. The maximum absolute atomic E-state index is 12.3. The number of benzene rings is 2. The molecule has 1 aliphatic heterocycles. The largest absolute Gasteiger partial charge is 0.378 e. The van der Waals surface area contributed by atoms with Crippen LogP contribution in [-0.2, 0) is 11.2 Å². The highest BCUT2D eigenvalue weighted by atomic mass is 16.1. The number of fused-ring (bicyclic) bond motifs is 1. The lowest BCUT2D eigenvalue weighted by Gasteiger charge is -2.19. The van der Waals surface area contributed by atoms with Crippen LogP contribution in [0.3, 0.4) is 0 Å². The van der Waals surface area contributed by atoms with Crippen molar-refractivity contribution in [2.75, 3.05) is 5.32 Å². The molecule has 2 aromatic carbocycles. The van der Waals surface area contributed by atoms with Gasteiger partial charge in [0.1, 0.15) is 5.78 Å². The average Bonchev–Trinajstić information content (AvgIpc) is 2.66. The molecule has 4 nitrogen and oxygen atoms in total. The molecule has 0 bridgehead atoms. The number of aryl methyl sites for hydroxylation is 2. The van der Waals surface area contributed by atoms with Gasteiger partial charge in [-0.15, -0.1) is 0 Å². The van der Waals surface area contributed by atoms with Gasteiger partial charge in [0.05, 0.1) is 6.04 Å². The number of Topliss-reactive ketones (excluding diaryl/α,β-unsaturated/α-hetero) is 1. The van der Waals surface area contributed by atoms with Crippen molar-refractivity contribution >= 4 is 17.4 Å². The summed E-state index contributed by atoms with van der Waals surface area (Å²) in [4.78, 5) is 23.7. The molecule has 0 radical (unpaired) electrons. The van der Waals surface area contributed by atoms with Crippen LogP contribution in [0, 0.1) is 13.8 Å². The van der Waals surface area contributed by atoms with Gasteiger partial charge in [0.2, 0.25) is 5.91 Å². The Hall–Kier alpha value is -2.62. The van der Waals surface area contributed by atoms with Crippen LogP contribution in [0.25, 0.3) is 0 Å². The van der Waals surface area contributed by atoms with Crippen molar-refractivity contribution in [3.05, 3.63) is 64.2 Å². The molecule has 0 aliphatic carbocycles. The zero-order chi connectivity index (χ0) is 16.6. The van der Waals surface area contributed by atoms with E-state index in [4.69, 9.17) is 5.73 Å². The summed E-state index contributed by atoms with van der Waals surface area (Å²) < 4.78 is 0. The first kappa shape index (κ1) is 15.3. The van der Waals surface area contributed by atoms with Gasteiger partial charge in [-0.25, -0.2) is 0 Å². The van der Waals surface area contributed by atoms with Gasteiger partial charge in [-0.1, -0.05) is 18.2 Å². The second-order valence-electron chi connectivity index (χ2n) is 6.20.